The smallest absolute Gasteiger partial charge is 0.410 e. The fourth-order valence-corrected chi connectivity index (χ4v) is 7.70. The number of alkyl carbamates (subject to hydrolysis) is 1. The predicted molar refractivity (Wildman–Crippen MR) is 234 cm³/mol. The Bertz CT molecular complexity index is 2240. The molecule has 1 saturated carbocycles. The highest BCUT2D eigenvalue weighted by Gasteiger charge is 2.32. The summed E-state index contributed by atoms with van der Waals surface area (Å²) in [6.45, 7) is 11.8. The molecule has 16 nitrogen and oxygen atoms in total. The van der Waals surface area contributed by atoms with Crippen molar-refractivity contribution in [1.29, 1.82) is 0 Å². The standard InChI is InChI=1S/C46H57F2N9O7/c1-45(2,3)63-43(61)49-26-28-9-13-31(14-10-28)40(58)52-37(41(59)50-33-17-15-30(16-18-33)39-53-55-56-54-39)23-27-7-11-29(12-8-27)32-24-35(47)38(36(48)25-32)42(60)51-34-19-21-57(22-20-34)44(62)64-46(4,5)6/h7-8,11-12,15-18,24-25,28,31,34,37H,9-10,13-14,19-23,26H2,1-6H3,(H,49,61)(H,50,59)(H,51,60)(H,52,58)(H,53,54,55,56)/t28-,31-,37-/m0/s1. The molecule has 3 aromatic carbocycles. The second kappa shape index (κ2) is 20.4. The molecule has 1 aliphatic carbocycles. The maximum absolute atomic E-state index is 15.5. The van der Waals surface area contributed by atoms with Crippen LogP contribution in [-0.2, 0) is 25.5 Å². The van der Waals surface area contributed by atoms with Gasteiger partial charge in [-0.05, 0) is 144 Å². The van der Waals surface area contributed by atoms with Gasteiger partial charge < -0.3 is 35.6 Å². The first-order chi connectivity index (χ1) is 30.3. The van der Waals surface area contributed by atoms with Crippen LogP contribution in [0.2, 0.25) is 0 Å². The Labute approximate surface area is 371 Å². The van der Waals surface area contributed by atoms with Crippen LogP contribution in [0.1, 0.15) is 96.0 Å². The van der Waals surface area contributed by atoms with Crippen molar-refractivity contribution in [3.8, 4) is 22.5 Å². The van der Waals surface area contributed by atoms with Gasteiger partial charge in [-0.1, -0.05) is 24.3 Å². The molecule has 2 fully saturated rings. The molecule has 2 heterocycles. The topological polar surface area (TPSA) is 210 Å². The Morgan fingerprint density at radius 3 is 1.98 bits per heavy atom. The minimum Gasteiger partial charge on any atom is -0.444 e. The maximum atomic E-state index is 15.5. The molecule has 5 amide bonds. The van der Waals surface area contributed by atoms with Crippen LogP contribution in [0.15, 0.2) is 60.7 Å². The molecule has 1 aromatic heterocycles. The van der Waals surface area contributed by atoms with Crippen LogP contribution in [0.3, 0.4) is 0 Å². The van der Waals surface area contributed by atoms with E-state index in [0.29, 0.717) is 86.4 Å². The van der Waals surface area contributed by atoms with Crippen LogP contribution in [0, 0.1) is 23.5 Å². The first-order valence-corrected chi connectivity index (χ1v) is 21.6. The first kappa shape index (κ1) is 47.0. The van der Waals surface area contributed by atoms with Gasteiger partial charge in [0.2, 0.25) is 17.6 Å². The minimum atomic E-state index is -1.03. The molecule has 6 rings (SSSR count). The Morgan fingerprint density at radius 2 is 1.41 bits per heavy atom. The number of aromatic amines is 1. The molecule has 4 aromatic rings. The van der Waals surface area contributed by atoms with E-state index in [4.69, 9.17) is 9.47 Å². The summed E-state index contributed by atoms with van der Waals surface area (Å²) in [5.74, 6) is -3.42. The van der Waals surface area contributed by atoms with Crippen LogP contribution < -0.4 is 21.3 Å². The summed E-state index contributed by atoms with van der Waals surface area (Å²) in [4.78, 5) is 66.8. The molecule has 0 radical (unpaired) electrons. The van der Waals surface area contributed by atoms with E-state index in [1.54, 1.807) is 95.0 Å². The van der Waals surface area contributed by atoms with Crippen molar-refractivity contribution >= 4 is 35.6 Å². The summed E-state index contributed by atoms with van der Waals surface area (Å²) in [6, 6.07) is 14.4. The van der Waals surface area contributed by atoms with Gasteiger partial charge in [0.1, 0.15) is 34.4 Å². The van der Waals surface area contributed by atoms with Gasteiger partial charge in [-0.2, -0.15) is 5.21 Å². The number of carbonyl (C=O) groups excluding carboxylic acids is 5. The number of halogens is 2. The fraction of sp³-hybridized carbons (Fsp3) is 0.478. The number of likely N-dealkylation sites (tertiary alicyclic amines) is 1. The SMILES string of the molecule is CC(C)(C)OC(=O)NC[C@H]1CC[C@H](C(=O)N[C@@H](Cc2ccc(-c3cc(F)c(C(=O)NC4CCN(C(=O)OC(C)(C)C)CC4)c(F)c3)cc2)C(=O)Nc2ccc(-c3nn[nH]n3)cc2)CC1. The van der Waals surface area contributed by atoms with Gasteiger partial charge in [0.25, 0.3) is 5.91 Å². The zero-order valence-corrected chi connectivity index (χ0v) is 37.1. The minimum absolute atomic E-state index is 0.104. The van der Waals surface area contributed by atoms with Crippen molar-refractivity contribution in [2.45, 2.75) is 110 Å². The third-order valence-electron chi connectivity index (χ3n) is 11.0. The lowest BCUT2D eigenvalue weighted by Crippen LogP contribution is -2.48. The number of nitrogens with one attached hydrogen (secondary N) is 5. The van der Waals surface area contributed by atoms with E-state index in [9.17, 15) is 24.0 Å². The molecule has 1 atom stereocenters. The van der Waals surface area contributed by atoms with Gasteiger partial charge in [0.05, 0.1) is 0 Å². The van der Waals surface area contributed by atoms with Crippen LogP contribution in [0.25, 0.3) is 22.5 Å². The zero-order valence-electron chi connectivity index (χ0n) is 37.1. The number of hydrogen-bond acceptors (Lipinski definition) is 10. The van der Waals surface area contributed by atoms with E-state index in [1.807, 2.05) is 0 Å². The first-order valence-electron chi connectivity index (χ1n) is 21.6. The summed E-state index contributed by atoms with van der Waals surface area (Å²) >= 11 is 0. The van der Waals surface area contributed by atoms with Gasteiger partial charge in [-0.15, -0.1) is 10.2 Å². The Kier molecular flexibility index (Phi) is 15.0. The molecule has 1 aliphatic heterocycles. The molecule has 64 heavy (non-hydrogen) atoms. The molecule has 2 aliphatic rings. The van der Waals surface area contributed by atoms with Crippen molar-refractivity contribution in [2.24, 2.45) is 11.8 Å². The normalized spacial score (nSPS) is 17.5. The average Bonchev–Trinajstić information content (AvgIpc) is 3.78. The van der Waals surface area contributed by atoms with E-state index in [2.05, 4.69) is 41.9 Å². The summed E-state index contributed by atoms with van der Waals surface area (Å²) in [7, 11) is 0. The van der Waals surface area contributed by atoms with Gasteiger partial charge in [-0.25, -0.2) is 18.4 Å². The number of piperidine rings is 1. The Hall–Kier alpha value is -6.46. The Morgan fingerprint density at radius 1 is 0.797 bits per heavy atom. The number of anilines is 1. The molecule has 18 heteroatoms. The largest absolute Gasteiger partial charge is 0.444 e. The van der Waals surface area contributed by atoms with Gasteiger partial charge in [-0.3, -0.25) is 14.4 Å². The number of tetrazole rings is 1. The highest BCUT2D eigenvalue weighted by molar-refractivity contribution is 5.98. The highest BCUT2D eigenvalue weighted by Crippen LogP contribution is 2.30. The third-order valence-corrected chi connectivity index (χ3v) is 11.0. The van der Waals surface area contributed by atoms with Crippen molar-refractivity contribution in [2.75, 3.05) is 25.0 Å². The second-order valence-corrected chi connectivity index (χ2v) is 18.4. The zero-order chi connectivity index (χ0) is 46.2. The van der Waals surface area contributed by atoms with Crippen molar-refractivity contribution < 1.29 is 42.2 Å². The second-order valence-electron chi connectivity index (χ2n) is 18.4. The van der Waals surface area contributed by atoms with Crippen molar-refractivity contribution in [3.05, 3.63) is 83.4 Å². The molecule has 0 bridgehead atoms. The van der Waals surface area contributed by atoms with E-state index >= 15 is 8.78 Å². The summed E-state index contributed by atoms with van der Waals surface area (Å²) in [6.07, 6.45) is 2.55. The lowest BCUT2D eigenvalue weighted by atomic mass is 9.81. The van der Waals surface area contributed by atoms with Crippen LogP contribution in [-0.4, -0.2) is 98.4 Å². The van der Waals surface area contributed by atoms with E-state index in [1.165, 1.54) is 0 Å². The number of carbonyl (C=O) groups is 5. The summed E-state index contributed by atoms with van der Waals surface area (Å²) in [5.41, 5.74) is 0.546. The van der Waals surface area contributed by atoms with Gasteiger partial charge >= 0.3 is 12.2 Å². The number of benzene rings is 3. The summed E-state index contributed by atoms with van der Waals surface area (Å²) < 4.78 is 41.7. The molecule has 0 unspecified atom stereocenters. The number of rotatable bonds is 12. The number of nitrogens with zero attached hydrogens (tertiary/aromatic N) is 4. The predicted octanol–water partition coefficient (Wildman–Crippen LogP) is 6.94. The molecular weight excluding hydrogens is 829 g/mol. The van der Waals surface area contributed by atoms with Crippen LogP contribution in [0.5, 0.6) is 0 Å². The summed E-state index contributed by atoms with van der Waals surface area (Å²) in [5, 5.41) is 25.3. The van der Waals surface area contributed by atoms with Crippen LogP contribution in [0.4, 0.5) is 24.1 Å². The number of hydrogen-bond donors (Lipinski definition) is 5. The average molecular weight is 886 g/mol. The number of ether oxygens (including phenoxy) is 2. The maximum Gasteiger partial charge on any atom is 0.410 e. The fourth-order valence-electron chi connectivity index (χ4n) is 7.70. The Balaban J connectivity index is 1.09. The lowest BCUT2D eigenvalue weighted by molar-refractivity contribution is -0.130. The number of amides is 5. The molecule has 342 valence electrons. The lowest BCUT2D eigenvalue weighted by Gasteiger charge is -2.33. The molecular formula is C46H57F2N9O7. The van der Waals surface area contributed by atoms with Gasteiger partial charge in [0.15, 0.2) is 0 Å². The molecule has 0 spiro atoms. The van der Waals surface area contributed by atoms with Crippen molar-refractivity contribution in [3.63, 3.8) is 0 Å². The molecule has 1 saturated heterocycles. The molecule has 5 N–H and O–H groups in total. The highest BCUT2D eigenvalue weighted by atomic mass is 19.1. The van der Waals surface area contributed by atoms with E-state index in [-0.39, 0.29) is 35.8 Å². The van der Waals surface area contributed by atoms with E-state index in [0.717, 1.165) is 12.1 Å². The quantitative estimate of drug-likeness (QED) is 0.0990. The van der Waals surface area contributed by atoms with E-state index < -0.39 is 58.4 Å². The monoisotopic (exact) mass is 885 g/mol. The van der Waals surface area contributed by atoms with Crippen molar-refractivity contribution in [1.82, 2.24) is 41.5 Å². The number of aromatic nitrogens is 4. The number of H-pyrrole nitrogens is 1. The van der Waals surface area contributed by atoms with Crippen LogP contribution >= 0.6 is 0 Å². The van der Waals surface area contributed by atoms with Gasteiger partial charge in [0, 0.05) is 49.3 Å². The third kappa shape index (κ3) is 13.3.